The van der Waals surface area contributed by atoms with Crippen LogP contribution in [0.5, 0.6) is 5.75 Å². The molecule has 0 spiro atoms. The standard InChI is InChI=1S/C31H27FN2O4S/c1-3-19-13-14-23-26(15-19)33-31-29(23)30(35)25-18-28(38-4-2)24(20-9-8-12-22(16-20)39(32,36)37)17-27(25)34(31)21-10-6-5-7-11-21/h1,8-9,12-18,21,33H,4-7,10-11H2,2H3. The Morgan fingerprint density at radius 3 is 2.59 bits per heavy atom. The number of H-pyrrole nitrogens is 1. The summed E-state index contributed by atoms with van der Waals surface area (Å²) in [5.41, 5.74) is 3.91. The zero-order valence-electron chi connectivity index (χ0n) is 21.5. The van der Waals surface area contributed by atoms with Gasteiger partial charge in [0.1, 0.15) is 11.4 Å². The van der Waals surface area contributed by atoms with Crippen LogP contribution in [0.25, 0.3) is 44.0 Å². The molecule has 2 heterocycles. The highest BCUT2D eigenvalue weighted by atomic mass is 32.3. The zero-order chi connectivity index (χ0) is 27.3. The van der Waals surface area contributed by atoms with Crippen LogP contribution >= 0.6 is 0 Å². The molecule has 0 radical (unpaired) electrons. The lowest BCUT2D eigenvalue weighted by atomic mass is 9.93. The molecule has 0 unspecified atom stereocenters. The molecule has 0 atom stereocenters. The maximum atomic E-state index is 14.1. The number of ether oxygens (including phenoxy) is 1. The molecule has 1 saturated carbocycles. The van der Waals surface area contributed by atoms with Crippen LogP contribution in [0.2, 0.25) is 0 Å². The maximum absolute atomic E-state index is 14.1. The fourth-order valence-electron chi connectivity index (χ4n) is 5.92. The number of fused-ring (bicyclic) bond motifs is 4. The molecule has 3 aromatic carbocycles. The number of halogens is 1. The summed E-state index contributed by atoms with van der Waals surface area (Å²) in [6, 6.07) is 15.1. The van der Waals surface area contributed by atoms with E-state index in [9.17, 15) is 17.1 Å². The van der Waals surface area contributed by atoms with E-state index in [1.54, 1.807) is 12.1 Å². The molecule has 1 N–H and O–H groups in total. The van der Waals surface area contributed by atoms with Crippen molar-refractivity contribution in [2.24, 2.45) is 0 Å². The van der Waals surface area contributed by atoms with Gasteiger partial charge in [0.25, 0.3) is 0 Å². The first-order chi connectivity index (χ1) is 18.8. The van der Waals surface area contributed by atoms with Crippen molar-refractivity contribution < 1.29 is 17.0 Å². The van der Waals surface area contributed by atoms with Crippen molar-refractivity contribution in [2.75, 3.05) is 6.61 Å². The topological polar surface area (TPSA) is 81.2 Å². The van der Waals surface area contributed by atoms with Gasteiger partial charge in [-0.15, -0.1) is 10.3 Å². The van der Waals surface area contributed by atoms with Gasteiger partial charge in [-0.1, -0.05) is 43.4 Å². The number of pyridine rings is 1. The number of terminal acetylenes is 1. The maximum Gasteiger partial charge on any atom is 0.332 e. The molecule has 1 fully saturated rings. The minimum atomic E-state index is -4.90. The number of rotatable bonds is 5. The van der Waals surface area contributed by atoms with E-state index in [4.69, 9.17) is 11.2 Å². The second-order valence-corrected chi connectivity index (χ2v) is 11.4. The summed E-state index contributed by atoms with van der Waals surface area (Å²) in [4.78, 5) is 17.1. The minimum absolute atomic E-state index is 0.126. The van der Waals surface area contributed by atoms with Crippen LogP contribution in [0.1, 0.15) is 50.6 Å². The molecule has 0 amide bonds. The number of nitrogens with zero attached hydrogens (tertiary/aromatic N) is 1. The first kappa shape index (κ1) is 25.2. The Morgan fingerprint density at radius 2 is 1.87 bits per heavy atom. The molecule has 198 valence electrons. The Bertz CT molecular complexity index is 1980. The number of hydrogen-bond donors (Lipinski definition) is 1. The number of benzene rings is 3. The van der Waals surface area contributed by atoms with Crippen LogP contribution in [-0.2, 0) is 10.2 Å². The van der Waals surface area contributed by atoms with Crippen molar-refractivity contribution in [2.45, 2.75) is 50.0 Å². The lowest BCUT2D eigenvalue weighted by Gasteiger charge is -2.27. The normalized spacial score (nSPS) is 14.7. The van der Waals surface area contributed by atoms with Gasteiger partial charge in [-0.3, -0.25) is 4.79 Å². The van der Waals surface area contributed by atoms with Crippen molar-refractivity contribution >= 4 is 43.1 Å². The first-order valence-electron chi connectivity index (χ1n) is 13.1. The summed E-state index contributed by atoms with van der Waals surface area (Å²) in [5, 5.41) is 1.92. The summed E-state index contributed by atoms with van der Waals surface area (Å²) in [6.45, 7) is 2.17. The Morgan fingerprint density at radius 1 is 1.08 bits per heavy atom. The first-order valence-corrected chi connectivity index (χ1v) is 14.5. The molecule has 8 heteroatoms. The van der Waals surface area contributed by atoms with E-state index in [0.717, 1.165) is 53.3 Å². The van der Waals surface area contributed by atoms with Crippen LogP contribution in [-0.4, -0.2) is 24.6 Å². The summed E-state index contributed by atoms with van der Waals surface area (Å²) in [5.74, 6) is 3.09. The van der Waals surface area contributed by atoms with Crippen molar-refractivity contribution in [1.29, 1.82) is 0 Å². The zero-order valence-corrected chi connectivity index (χ0v) is 22.3. The van der Waals surface area contributed by atoms with Gasteiger partial charge >= 0.3 is 10.2 Å². The van der Waals surface area contributed by atoms with Gasteiger partial charge in [0.05, 0.1) is 27.8 Å². The van der Waals surface area contributed by atoms with E-state index in [1.165, 1.54) is 24.6 Å². The van der Waals surface area contributed by atoms with Gasteiger partial charge in [0, 0.05) is 28.1 Å². The van der Waals surface area contributed by atoms with Gasteiger partial charge in [-0.2, -0.15) is 8.42 Å². The number of aromatic nitrogens is 2. The molecular weight excluding hydrogens is 515 g/mol. The smallest absolute Gasteiger partial charge is 0.332 e. The highest BCUT2D eigenvalue weighted by Gasteiger charge is 2.25. The van der Waals surface area contributed by atoms with E-state index in [1.807, 2.05) is 31.2 Å². The molecule has 0 saturated heterocycles. The van der Waals surface area contributed by atoms with Crippen LogP contribution < -0.4 is 10.2 Å². The lowest BCUT2D eigenvalue weighted by Crippen LogP contribution is -2.18. The van der Waals surface area contributed by atoms with Gasteiger partial charge in [0.2, 0.25) is 0 Å². The predicted octanol–water partition coefficient (Wildman–Crippen LogP) is 6.85. The molecule has 6 nitrogen and oxygen atoms in total. The van der Waals surface area contributed by atoms with Crippen LogP contribution in [0.15, 0.2) is 64.3 Å². The van der Waals surface area contributed by atoms with Crippen LogP contribution in [0, 0.1) is 12.3 Å². The molecule has 5 aromatic rings. The van der Waals surface area contributed by atoms with E-state index in [0.29, 0.717) is 34.3 Å². The third-order valence-corrected chi connectivity index (χ3v) is 8.50. The van der Waals surface area contributed by atoms with Gasteiger partial charge in [-0.05, 0) is 61.7 Å². The van der Waals surface area contributed by atoms with E-state index >= 15 is 0 Å². The van der Waals surface area contributed by atoms with E-state index in [-0.39, 0.29) is 11.5 Å². The highest BCUT2D eigenvalue weighted by molar-refractivity contribution is 7.86. The van der Waals surface area contributed by atoms with Crippen molar-refractivity contribution in [1.82, 2.24) is 9.55 Å². The van der Waals surface area contributed by atoms with Crippen molar-refractivity contribution in [3.63, 3.8) is 0 Å². The fraction of sp³-hybridized carbons (Fsp3) is 0.258. The Kier molecular flexibility index (Phi) is 6.19. The number of aromatic amines is 1. The molecule has 39 heavy (non-hydrogen) atoms. The van der Waals surface area contributed by atoms with Gasteiger partial charge < -0.3 is 14.3 Å². The van der Waals surface area contributed by atoms with Crippen LogP contribution in [0.3, 0.4) is 0 Å². The van der Waals surface area contributed by atoms with Crippen LogP contribution in [0.4, 0.5) is 3.89 Å². The Balaban J connectivity index is 1.74. The molecule has 2 aromatic heterocycles. The lowest BCUT2D eigenvalue weighted by molar-refractivity contribution is 0.342. The molecule has 1 aliphatic carbocycles. The third-order valence-electron chi connectivity index (χ3n) is 7.68. The Labute approximate surface area is 225 Å². The molecular formula is C31H27FN2O4S. The fourth-order valence-corrected chi connectivity index (χ4v) is 6.43. The predicted molar refractivity (Wildman–Crippen MR) is 153 cm³/mol. The average Bonchev–Trinajstić information content (AvgIpc) is 3.32. The van der Waals surface area contributed by atoms with Crippen molar-refractivity contribution in [3.8, 4) is 29.2 Å². The third kappa shape index (κ3) is 4.27. The summed E-state index contributed by atoms with van der Waals surface area (Å²) < 4.78 is 45.4. The average molecular weight is 543 g/mol. The van der Waals surface area contributed by atoms with Crippen molar-refractivity contribution in [3.05, 3.63) is 70.4 Å². The number of nitrogens with one attached hydrogen (secondary N) is 1. The van der Waals surface area contributed by atoms with Gasteiger partial charge in [-0.25, -0.2) is 0 Å². The quantitative estimate of drug-likeness (QED) is 0.195. The Hall–Kier alpha value is -4.09. The second-order valence-electron chi connectivity index (χ2n) is 10.0. The number of hydrogen-bond acceptors (Lipinski definition) is 4. The molecule has 6 rings (SSSR count). The summed E-state index contributed by atoms with van der Waals surface area (Å²) in [6.07, 6.45) is 10.9. The summed E-state index contributed by atoms with van der Waals surface area (Å²) >= 11 is 0. The second kappa shape index (κ2) is 9.58. The molecule has 1 aliphatic rings. The van der Waals surface area contributed by atoms with E-state index < -0.39 is 15.1 Å². The van der Waals surface area contributed by atoms with E-state index in [2.05, 4.69) is 15.5 Å². The summed E-state index contributed by atoms with van der Waals surface area (Å²) in [7, 11) is -4.90. The highest BCUT2D eigenvalue weighted by Crippen LogP contribution is 2.40. The minimum Gasteiger partial charge on any atom is -0.493 e. The SMILES string of the molecule is C#Cc1ccc2c(c1)[nH]c1c2c(=O)c2cc(OCC)c(-c3cccc(S(=O)(=O)F)c3)cc2n1C1CCCCC1. The molecule has 0 bridgehead atoms. The molecule has 0 aliphatic heterocycles. The largest absolute Gasteiger partial charge is 0.493 e. The van der Waals surface area contributed by atoms with Gasteiger partial charge in [0.15, 0.2) is 5.43 Å². The monoisotopic (exact) mass is 542 g/mol.